The number of hydrogen-bond acceptors (Lipinski definition) is 2. The monoisotopic (exact) mass is 354 g/mol. The molecule has 25 heavy (non-hydrogen) atoms. The molecule has 1 aliphatic rings. The molecule has 1 fully saturated rings. The van der Waals surface area contributed by atoms with Crippen molar-refractivity contribution in [2.24, 2.45) is 0 Å². The van der Waals surface area contributed by atoms with Gasteiger partial charge in [-0.1, -0.05) is 104 Å². The van der Waals surface area contributed by atoms with Crippen molar-refractivity contribution < 1.29 is 9.47 Å². The number of rotatable bonds is 18. The molecular formula is C23H46O2. The Morgan fingerprint density at radius 1 is 0.480 bits per heavy atom. The summed E-state index contributed by atoms with van der Waals surface area (Å²) in [5, 5.41) is 0. The molecule has 1 saturated heterocycles. The Labute approximate surface area is 158 Å². The van der Waals surface area contributed by atoms with Crippen LogP contribution in [0, 0.1) is 0 Å². The molecule has 0 amide bonds. The lowest BCUT2D eigenvalue weighted by Gasteiger charge is -2.27. The van der Waals surface area contributed by atoms with E-state index in [2.05, 4.69) is 13.8 Å². The minimum atomic E-state index is -0.218. The molecule has 2 nitrogen and oxygen atoms in total. The van der Waals surface area contributed by atoms with E-state index < -0.39 is 0 Å². The number of hydrogen-bond donors (Lipinski definition) is 0. The highest BCUT2D eigenvalue weighted by Gasteiger charge is 2.35. The second kappa shape index (κ2) is 16.1. The van der Waals surface area contributed by atoms with Crippen molar-refractivity contribution in [1.82, 2.24) is 0 Å². The maximum Gasteiger partial charge on any atom is 0.168 e. The number of ether oxygens (including phenoxy) is 2. The van der Waals surface area contributed by atoms with Crippen molar-refractivity contribution >= 4 is 0 Å². The molecule has 0 spiro atoms. The van der Waals surface area contributed by atoms with Gasteiger partial charge in [0.1, 0.15) is 0 Å². The third kappa shape index (κ3) is 12.0. The summed E-state index contributed by atoms with van der Waals surface area (Å²) in [6.07, 6.45) is 24.2. The zero-order valence-electron chi connectivity index (χ0n) is 17.5. The van der Waals surface area contributed by atoms with Gasteiger partial charge in [0.25, 0.3) is 0 Å². The first kappa shape index (κ1) is 23.0. The molecule has 0 radical (unpaired) electrons. The van der Waals surface area contributed by atoms with Gasteiger partial charge in [-0.05, 0) is 12.8 Å². The molecule has 0 N–H and O–H groups in total. The zero-order valence-corrected chi connectivity index (χ0v) is 17.5. The van der Waals surface area contributed by atoms with Crippen molar-refractivity contribution in [3.05, 3.63) is 0 Å². The summed E-state index contributed by atoms with van der Waals surface area (Å²) in [4.78, 5) is 0. The van der Waals surface area contributed by atoms with Crippen LogP contribution in [0.5, 0.6) is 0 Å². The Morgan fingerprint density at radius 2 is 0.800 bits per heavy atom. The van der Waals surface area contributed by atoms with Gasteiger partial charge in [0.15, 0.2) is 5.79 Å². The molecule has 0 aromatic carbocycles. The lowest BCUT2D eigenvalue weighted by Crippen LogP contribution is -2.30. The quantitative estimate of drug-likeness (QED) is 0.234. The van der Waals surface area contributed by atoms with Crippen LogP contribution in [-0.4, -0.2) is 19.0 Å². The Balaban J connectivity index is 2.01. The molecule has 0 aromatic rings. The van der Waals surface area contributed by atoms with Gasteiger partial charge >= 0.3 is 0 Å². The summed E-state index contributed by atoms with van der Waals surface area (Å²) in [6, 6.07) is 0. The van der Waals surface area contributed by atoms with Gasteiger partial charge in [0.05, 0.1) is 13.2 Å². The van der Waals surface area contributed by atoms with Crippen LogP contribution in [-0.2, 0) is 9.47 Å². The molecule has 150 valence electrons. The van der Waals surface area contributed by atoms with E-state index in [1.54, 1.807) is 0 Å². The number of unbranched alkanes of at least 4 members (excludes halogenated alkanes) is 14. The van der Waals surface area contributed by atoms with Gasteiger partial charge in [-0.2, -0.15) is 0 Å². The predicted octanol–water partition coefficient (Wildman–Crippen LogP) is 7.79. The maximum absolute atomic E-state index is 6.04. The topological polar surface area (TPSA) is 18.5 Å². The lowest BCUT2D eigenvalue weighted by atomic mass is 9.98. The van der Waals surface area contributed by atoms with Gasteiger partial charge in [0, 0.05) is 12.8 Å². The largest absolute Gasteiger partial charge is 0.348 e. The van der Waals surface area contributed by atoms with E-state index in [1.165, 1.54) is 103 Å². The van der Waals surface area contributed by atoms with Crippen molar-refractivity contribution in [1.29, 1.82) is 0 Å². The molecule has 1 rings (SSSR count). The van der Waals surface area contributed by atoms with Crippen LogP contribution in [0.3, 0.4) is 0 Å². The van der Waals surface area contributed by atoms with Crippen LogP contribution in [0.2, 0.25) is 0 Å². The van der Waals surface area contributed by atoms with E-state index in [4.69, 9.17) is 9.47 Å². The van der Waals surface area contributed by atoms with Gasteiger partial charge < -0.3 is 9.47 Å². The fourth-order valence-electron chi connectivity index (χ4n) is 3.97. The Morgan fingerprint density at radius 3 is 1.16 bits per heavy atom. The summed E-state index contributed by atoms with van der Waals surface area (Å²) in [6.45, 7) is 6.17. The van der Waals surface area contributed by atoms with Crippen LogP contribution in [0.1, 0.15) is 129 Å². The Kier molecular flexibility index (Phi) is 14.8. The van der Waals surface area contributed by atoms with Gasteiger partial charge in [0.2, 0.25) is 0 Å². The van der Waals surface area contributed by atoms with Gasteiger partial charge in [-0.15, -0.1) is 0 Å². The summed E-state index contributed by atoms with van der Waals surface area (Å²) in [5.74, 6) is -0.218. The molecule has 1 heterocycles. The van der Waals surface area contributed by atoms with Crippen LogP contribution in [0.25, 0.3) is 0 Å². The lowest BCUT2D eigenvalue weighted by molar-refractivity contribution is -0.168. The minimum Gasteiger partial charge on any atom is -0.348 e. The third-order valence-electron chi connectivity index (χ3n) is 5.64. The molecule has 0 saturated carbocycles. The molecule has 1 aliphatic heterocycles. The molecule has 0 atom stereocenters. The highest BCUT2D eigenvalue weighted by atomic mass is 16.7. The van der Waals surface area contributed by atoms with Crippen LogP contribution >= 0.6 is 0 Å². The normalized spacial score (nSPS) is 16.6. The van der Waals surface area contributed by atoms with Crippen LogP contribution < -0.4 is 0 Å². The van der Waals surface area contributed by atoms with E-state index in [-0.39, 0.29) is 5.79 Å². The van der Waals surface area contributed by atoms with Crippen molar-refractivity contribution in [2.45, 2.75) is 135 Å². The summed E-state index contributed by atoms with van der Waals surface area (Å²) in [5.41, 5.74) is 0. The Hall–Kier alpha value is -0.0800. The predicted molar refractivity (Wildman–Crippen MR) is 109 cm³/mol. The van der Waals surface area contributed by atoms with Crippen molar-refractivity contribution in [3.63, 3.8) is 0 Å². The first-order valence-electron chi connectivity index (χ1n) is 11.6. The fourth-order valence-corrected chi connectivity index (χ4v) is 3.97. The molecule has 2 heteroatoms. The smallest absolute Gasteiger partial charge is 0.168 e. The fraction of sp³-hybridized carbons (Fsp3) is 1.00. The van der Waals surface area contributed by atoms with E-state index in [0.29, 0.717) is 0 Å². The molecule has 0 aromatic heterocycles. The zero-order chi connectivity index (χ0) is 18.1. The van der Waals surface area contributed by atoms with Gasteiger partial charge in [-0.25, -0.2) is 0 Å². The summed E-state index contributed by atoms with van der Waals surface area (Å²) in [7, 11) is 0. The van der Waals surface area contributed by atoms with Gasteiger partial charge in [-0.3, -0.25) is 0 Å². The average Bonchev–Trinajstić information content (AvgIpc) is 3.09. The van der Waals surface area contributed by atoms with E-state index >= 15 is 0 Å². The second-order valence-electron chi connectivity index (χ2n) is 8.06. The molecule has 0 bridgehead atoms. The van der Waals surface area contributed by atoms with E-state index in [1.807, 2.05) is 0 Å². The standard InChI is InChI=1S/C23H46O2/c1-3-5-7-9-11-13-15-17-19-23(24-21-22-25-23)20-18-16-14-12-10-8-6-4-2/h3-22H2,1-2H3. The van der Waals surface area contributed by atoms with Crippen molar-refractivity contribution in [3.8, 4) is 0 Å². The maximum atomic E-state index is 6.04. The molecule has 0 aliphatic carbocycles. The van der Waals surface area contributed by atoms with Crippen molar-refractivity contribution in [2.75, 3.05) is 13.2 Å². The average molecular weight is 355 g/mol. The van der Waals surface area contributed by atoms with E-state index in [9.17, 15) is 0 Å². The first-order valence-corrected chi connectivity index (χ1v) is 11.6. The van der Waals surface area contributed by atoms with E-state index in [0.717, 1.165) is 26.1 Å². The highest BCUT2D eigenvalue weighted by molar-refractivity contribution is 4.74. The summed E-state index contributed by atoms with van der Waals surface area (Å²) < 4.78 is 12.1. The highest BCUT2D eigenvalue weighted by Crippen LogP contribution is 2.32. The third-order valence-corrected chi connectivity index (χ3v) is 5.64. The SMILES string of the molecule is CCCCCCCCCCC1(CCCCCCCCCC)OCCO1. The molecule has 0 unspecified atom stereocenters. The summed E-state index contributed by atoms with van der Waals surface area (Å²) >= 11 is 0. The second-order valence-corrected chi connectivity index (χ2v) is 8.06. The minimum absolute atomic E-state index is 0.218. The Bertz CT molecular complexity index is 249. The van der Waals surface area contributed by atoms with Crippen LogP contribution in [0.4, 0.5) is 0 Å². The first-order chi connectivity index (χ1) is 12.3. The van der Waals surface area contributed by atoms with Crippen LogP contribution in [0.15, 0.2) is 0 Å². The molecular weight excluding hydrogens is 308 g/mol.